The van der Waals surface area contributed by atoms with E-state index in [4.69, 9.17) is 0 Å². The van der Waals surface area contributed by atoms with Crippen molar-refractivity contribution in [3.63, 3.8) is 0 Å². The number of aliphatic hydroxyl groups is 1. The van der Waals surface area contributed by atoms with Crippen molar-refractivity contribution in [2.45, 2.75) is 13.0 Å². The second kappa shape index (κ2) is 3.40. The molecular formula is C11H11NO3. The lowest BCUT2D eigenvalue weighted by Gasteiger charge is -2.08. The lowest BCUT2D eigenvalue weighted by atomic mass is 10.1. The largest absolute Gasteiger partial charge is 0.507 e. The number of nitrogens with one attached hydrogen (secondary N) is 1. The molecule has 0 aliphatic rings. The number of hydrogen-bond donors (Lipinski definition) is 3. The van der Waals surface area contributed by atoms with Crippen LogP contribution in [0, 0.1) is 0 Å². The molecule has 1 aromatic carbocycles. The normalized spacial score (nSPS) is 12.9. The third-order valence-electron chi connectivity index (χ3n) is 2.35. The summed E-state index contributed by atoms with van der Waals surface area (Å²) in [6.07, 6.45) is -0.988. The average Bonchev–Trinajstić information content (AvgIpc) is 2.17. The molecule has 15 heavy (non-hydrogen) atoms. The fraction of sp³-hybridized carbons (Fsp3) is 0.182. The SMILES string of the molecule is CC(O)c1c(O)c2ccccc2[nH]c1=O. The van der Waals surface area contributed by atoms with Crippen molar-refractivity contribution in [3.8, 4) is 5.75 Å². The maximum atomic E-state index is 11.5. The van der Waals surface area contributed by atoms with Gasteiger partial charge in [-0.05, 0) is 19.1 Å². The summed E-state index contributed by atoms with van der Waals surface area (Å²) in [5.41, 5.74) is 0.110. The zero-order valence-electron chi connectivity index (χ0n) is 8.19. The Kier molecular flexibility index (Phi) is 2.21. The third kappa shape index (κ3) is 1.49. The molecule has 0 fully saturated rings. The number of fused-ring (bicyclic) bond motifs is 1. The Morgan fingerprint density at radius 2 is 2.00 bits per heavy atom. The molecule has 0 spiro atoms. The van der Waals surface area contributed by atoms with E-state index in [0.717, 1.165) is 0 Å². The summed E-state index contributed by atoms with van der Waals surface area (Å²) in [6, 6.07) is 6.90. The molecule has 1 aromatic heterocycles. The molecule has 0 aliphatic carbocycles. The molecular weight excluding hydrogens is 194 g/mol. The lowest BCUT2D eigenvalue weighted by Crippen LogP contribution is -2.15. The van der Waals surface area contributed by atoms with Gasteiger partial charge in [0.25, 0.3) is 5.56 Å². The number of aromatic hydroxyl groups is 1. The zero-order valence-corrected chi connectivity index (χ0v) is 8.19. The summed E-state index contributed by atoms with van der Waals surface area (Å²) in [5.74, 6) is -0.149. The number of H-pyrrole nitrogens is 1. The summed E-state index contributed by atoms with van der Waals surface area (Å²) >= 11 is 0. The number of hydrogen-bond acceptors (Lipinski definition) is 3. The van der Waals surface area contributed by atoms with Crippen LogP contribution in [-0.4, -0.2) is 15.2 Å². The Bertz CT molecular complexity index is 557. The summed E-state index contributed by atoms with van der Waals surface area (Å²) in [6.45, 7) is 1.44. The summed E-state index contributed by atoms with van der Waals surface area (Å²) in [5, 5.41) is 19.7. The minimum atomic E-state index is -0.988. The molecule has 1 atom stereocenters. The van der Waals surface area contributed by atoms with Crippen LogP contribution in [0.1, 0.15) is 18.6 Å². The predicted molar refractivity (Wildman–Crippen MR) is 56.9 cm³/mol. The molecule has 3 N–H and O–H groups in total. The Hall–Kier alpha value is -1.81. The Morgan fingerprint density at radius 1 is 1.33 bits per heavy atom. The number of aliphatic hydroxyl groups excluding tert-OH is 1. The van der Waals surface area contributed by atoms with Crippen LogP contribution in [0.2, 0.25) is 0 Å². The fourth-order valence-electron chi connectivity index (χ4n) is 1.63. The van der Waals surface area contributed by atoms with Crippen molar-refractivity contribution >= 4 is 10.9 Å². The third-order valence-corrected chi connectivity index (χ3v) is 2.35. The van der Waals surface area contributed by atoms with Gasteiger partial charge in [0.1, 0.15) is 5.75 Å². The number of aromatic amines is 1. The quantitative estimate of drug-likeness (QED) is 0.656. The maximum absolute atomic E-state index is 11.5. The first-order valence-electron chi connectivity index (χ1n) is 4.63. The van der Waals surface area contributed by atoms with Gasteiger partial charge in [0.2, 0.25) is 0 Å². The standard InChI is InChI=1S/C11H11NO3/c1-6(13)9-10(14)7-4-2-3-5-8(7)12-11(9)15/h2-6,13H,1H3,(H2,12,14,15). The highest BCUT2D eigenvalue weighted by atomic mass is 16.3. The maximum Gasteiger partial charge on any atom is 0.258 e. The molecule has 4 nitrogen and oxygen atoms in total. The highest BCUT2D eigenvalue weighted by Crippen LogP contribution is 2.27. The van der Waals surface area contributed by atoms with Crippen molar-refractivity contribution < 1.29 is 10.2 Å². The summed E-state index contributed by atoms with van der Waals surface area (Å²) < 4.78 is 0. The van der Waals surface area contributed by atoms with Gasteiger partial charge in [0, 0.05) is 5.39 Å². The van der Waals surface area contributed by atoms with Gasteiger partial charge in [-0.1, -0.05) is 12.1 Å². The number of aromatic nitrogens is 1. The van der Waals surface area contributed by atoms with E-state index in [9.17, 15) is 15.0 Å². The average molecular weight is 205 g/mol. The van der Waals surface area contributed by atoms with Crippen molar-refractivity contribution in [3.05, 3.63) is 40.2 Å². The Balaban J connectivity index is 2.90. The lowest BCUT2D eigenvalue weighted by molar-refractivity contribution is 0.193. The molecule has 0 bridgehead atoms. The highest BCUT2D eigenvalue weighted by Gasteiger charge is 2.15. The zero-order chi connectivity index (χ0) is 11.0. The minimum Gasteiger partial charge on any atom is -0.507 e. The van der Waals surface area contributed by atoms with Crippen LogP contribution in [0.4, 0.5) is 0 Å². The molecule has 0 radical (unpaired) electrons. The van der Waals surface area contributed by atoms with E-state index in [0.29, 0.717) is 10.9 Å². The Labute approximate surface area is 85.8 Å². The topological polar surface area (TPSA) is 73.3 Å². The van der Waals surface area contributed by atoms with Crippen LogP contribution < -0.4 is 5.56 Å². The molecule has 4 heteroatoms. The van der Waals surface area contributed by atoms with Crippen LogP contribution in [0.15, 0.2) is 29.1 Å². The molecule has 2 aromatic rings. The van der Waals surface area contributed by atoms with Crippen LogP contribution in [0.25, 0.3) is 10.9 Å². The van der Waals surface area contributed by atoms with Crippen molar-refractivity contribution in [2.75, 3.05) is 0 Å². The van der Waals surface area contributed by atoms with E-state index in [2.05, 4.69) is 4.98 Å². The van der Waals surface area contributed by atoms with Gasteiger partial charge >= 0.3 is 0 Å². The monoisotopic (exact) mass is 205 g/mol. The van der Waals surface area contributed by atoms with Gasteiger partial charge in [-0.3, -0.25) is 4.79 Å². The number of rotatable bonds is 1. The van der Waals surface area contributed by atoms with Gasteiger partial charge in [-0.2, -0.15) is 0 Å². The Morgan fingerprint density at radius 3 is 2.67 bits per heavy atom. The fourth-order valence-corrected chi connectivity index (χ4v) is 1.63. The first kappa shape index (κ1) is 9.73. The van der Waals surface area contributed by atoms with E-state index in [-0.39, 0.29) is 11.3 Å². The van der Waals surface area contributed by atoms with Crippen LogP contribution in [0.5, 0.6) is 5.75 Å². The minimum absolute atomic E-state index is 0.00806. The molecule has 1 heterocycles. The van der Waals surface area contributed by atoms with Gasteiger partial charge in [-0.15, -0.1) is 0 Å². The van der Waals surface area contributed by atoms with Gasteiger partial charge in [0.15, 0.2) is 0 Å². The van der Waals surface area contributed by atoms with E-state index < -0.39 is 11.7 Å². The second-order valence-electron chi connectivity index (χ2n) is 3.44. The van der Waals surface area contributed by atoms with Gasteiger partial charge in [-0.25, -0.2) is 0 Å². The van der Waals surface area contributed by atoms with E-state index in [1.807, 2.05) is 0 Å². The van der Waals surface area contributed by atoms with Crippen LogP contribution >= 0.6 is 0 Å². The summed E-state index contributed by atoms with van der Waals surface area (Å²) in [7, 11) is 0. The van der Waals surface area contributed by atoms with Crippen molar-refractivity contribution in [1.29, 1.82) is 0 Å². The summed E-state index contributed by atoms with van der Waals surface area (Å²) in [4.78, 5) is 14.1. The predicted octanol–water partition coefficient (Wildman–Crippen LogP) is 1.29. The number of pyridine rings is 1. The van der Waals surface area contributed by atoms with E-state index in [1.165, 1.54) is 6.92 Å². The molecule has 0 amide bonds. The van der Waals surface area contributed by atoms with Crippen LogP contribution in [0.3, 0.4) is 0 Å². The second-order valence-corrected chi connectivity index (χ2v) is 3.44. The highest BCUT2D eigenvalue weighted by molar-refractivity contribution is 5.85. The molecule has 0 saturated carbocycles. The molecule has 0 aliphatic heterocycles. The molecule has 1 unspecified atom stereocenters. The van der Waals surface area contributed by atoms with Crippen LogP contribution in [-0.2, 0) is 0 Å². The smallest absolute Gasteiger partial charge is 0.258 e. The number of benzene rings is 1. The van der Waals surface area contributed by atoms with Crippen molar-refractivity contribution in [2.24, 2.45) is 0 Å². The van der Waals surface area contributed by atoms with Gasteiger partial charge in [0.05, 0.1) is 17.2 Å². The van der Waals surface area contributed by atoms with E-state index in [1.54, 1.807) is 24.3 Å². The van der Waals surface area contributed by atoms with Gasteiger partial charge < -0.3 is 15.2 Å². The molecule has 78 valence electrons. The first-order chi connectivity index (χ1) is 7.11. The van der Waals surface area contributed by atoms with Crippen molar-refractivity contribution in [1.82, 2.24) is 4.98 Å². The van der Waals surface area contributed by atoms with E-state index >= 15 is 0 Å². The number of para-hydroxylation sites is 1. The molecule has 2 rings (SSSR count). The molecule has 0 saturated heterocycles. The first-order valence-corrected chi connectivity index (χ1v) is 4.63.